The third-order valence-corrected chi connectivity index (χ3v) is 2.84. The molecule has 0 spiro atoms. The first-order valence-corrected chi connectivity index (χ1v) is 4.11. The van der Waals surface area contributed by atoms with Gasteiger partial charge in [-0.05, 0) is 19.8 Å². The van der Waals surface area contributed by atoms with Crippen molar-refractivity contribution >= 4 is 0 Å². The molecular weight excluding hydrogens is 128 g/mol. The van der Waals surface area contributed by atoms with E-state index < -0.39 is 0 Å². The van der Waals surface area contributed by atoms with Gasteiger partial charge in [0.05, 0.1) is 12.2 Å². The molecule has 0 amide bonds. The lowest BCUT2D eigenvalue weighted by molar-refractivity contribution is 0.0821. The molecular formula is C8H14O2. The van der Waals surface area contributed by atoms with E-state index in [9.17, 15) is 5.11 Å². The molecule has 0 bridgehead atoms. The third kappa shape index (κ3) is 0.722. The van der Waals surface area contributed by atoms with Crippen LogP contribution in [0.2, 0.25) is 0 Å². The minimum absolute atomic E-state index is 0.0990. The van der Waals surface area contributed by atoms with Gasteiger partial charge in [-0.2, -0.15) is 0 Å². The first kappa shape index (κ1) is 6.62. The van der Waals surface area contributed by atoms with Crippen molar-refractivity contribution in [1.82, 2.24) is 0 Å². The molecule has 58 valence electrons. The Morgan fingerprint density at radius 3 is 2.90 bits per heavy atom. The quantitative estimate of drug-likeness (QED) is 0.556. The Hall–Kier alpha value is -0.0800. The molecule has 2 aliphatic rings. The Kier molecular flexibility index (Phi) is 1.29. The Bertz CT molecular complexity index is 144. The van der Waals surface area contributed by atoms with Crippen molar-refractivity contribution in [3.8, 4) is 0 Å². The van der Waals surface area contributed by atoms with Crippen LogP contribution in [-0.2, 0) is 4.74 Å². The van der Waals surface area contributed by atoms with E-state index in [1.807, 2.05) is 6.92 Å². The van der Waals surface area contributed by atoms with Gasteiger partial charge in [-0.3, -0.25) is 0 Å². The van der Waals surface area contributed by atoms with Crippen molar-refractivity contribution in [3.63, 3.8) is 0 Å². The molecule has 2 rings (SSSR count). The first-order chi connectivity index (χ1) is 4.76. The van der Waals surface area contributed by atoms with Gasteiger partial charge in [-0.1, -0.05) is 12.8 Å². The zero-order chi connectivity index (χ0) is 7.19. The van der Waals surface area contributed by atoms with Gasteiger partial charge in [0, 0.05) is 0 Å². The molecule has 0 unspecified atom stereocenters. The van der Waals surface area contributed by atoms with Crippen molar-refractivity contribution in [2.24, 2.45) is 0 Å². The second-order valence-electron chi connectivity index (χ2n) is 3.48. The summed E-state index contributed by atoms with van der Waals surface area (Å²) in [6.07, 6.45) is 4.85. The van der Waals surface area contributed by atoms with Gasteiger partial charge >= 0.3 is 0 Å². The standard InChI is InChI=1S/C8H14O2/c1-6(9)8-5-3-2-4-7(8)10-8/h6-7,9H,2-5H2,1H3/t6-,7-,8-/m0/s1. The molecule has 0 aromatic heterocycles. The molecule has 3 atom stereocenters. The molecule has 2 nitrogen and oxygen atoms in total. The second-order valence-corrected chi connectivity index (χ2v) is 3.48. The zero-order valence-corrected chi connectivity index (χ0v) is 6.34. The lowest BCUT2D eigenvalue weighted by Gasteiger charge is -2.19. The van der Waals surface area contributed by atoms with Crippen LogP contribution in [-0.4, -0.2) is 22.9 Å². The van der Waals surface area contributed by atoms with E-state index in [1.54, 1.807) is 0 Å². The van der Waals surface area contributed by atoms with Crippen LogP contribution in [0.1, 0.15) is 32.6 Å². The predicted octanol–water partition coefficient (Wildman–Crippen LogP) is 1.08. The van der Waals surface area contributed by atoms with Crippen molar-refractivity contribution < 1.29 is 9.84 Å². The summed E-state index contributed by atoms with van der Waals surface area (Å²) in [5.74, 6) is 0. The molecule has 1 aliphatic carbocycles. The van der Waals surface area contributed by atoms with E-state index in [-0.39, 0.29) is 11.7 Å². The van der Waals surface area contributed by atoms with Gasteiger partial charge in [0.15, 0.2) is 0 Å². The Balaban J connectivity index is 2.05. The molecule has 1 heterocycles. The number of ether oxygens (including phenoxy) is 1. The Morgan fingerprint density at radius 2 is 2.40 bits per heavy atom. The summed E-state index contributed by atoms with van der Waals surface area (Å²) in [4.78, 5) is 0. The number of aliphatic hydroxyl groups excluding tert-OH is 1. The van der Waals surface area contributed by atoms with Gasteiger partial charge in [0.25, 0.3) is 0 Å². The van der Waals surface area contributed by atoms with Crippen LogP contribution in [0.4, 0.5) is 0 Å². The smallest absolute Gasteiger partial charge is 0.120 e. The number of hydrogen-bond acceptors (Lipinski definition) is 2. The minimum Gasteiger partial charge on any atom is -0.390 e. The fourth-order valence-corrected chi connectivity index (χ4v) is 2.06. The minimum atomic E-state index is -0.266. The van der Waals surface area contributed by atoms with Crippen LogP contribution >= 0.6 is 0 Å². The van der Waals surface area contributed by atoms with E-state index in [0.29, 0.717) is 6.10 Å². The Morgan fingerprint density at radius 1 is 1.60 bits per heavy atom. The molecule has 1 saturated heterocycles. The van der Waals surface area contributed by atoms with Gasteiger partial charge in [0.2, 0.25) is 0 Å². The normalized spacial score (nSPS) is 48.0. The van der Waals surface area contributed by atoms with E-state index in [2.05, 4.69) is 0 Å². The van der Waals surface area contributed by atoms with E-state index in [1.165, 1.54) is 12.8 Å². The molecule has 0 radical (unpaired) electrons. The second kappa shape index (κ2) is 1.95. The maximum absolute atomic E-state index is 9.35. The molecule has 1 saturated carbocycles. The summed E-state index contributed by atoms with van der Waals surface area (Å²) in [6, 6.07) is 0. The number of epoxide rings is 1. The van der Waals surface area contributed by atoms with Crippen LogP contribution in [0.25, 0.3) is 0 Å². The average Bonchev–Trinajstić information content (AvgIpc) is 2.61. The highest BCUT2D eigenvalue weighted by molar-refractivity contribution is 5.08. The van der Waals surface area contributed by atoms with Gasteiger partial charge in [-0.25, -0.2) is 0 Å². The van der Waals surface area contributed by atoms with Crippen LogP contribution in [0.5, 0.6) is 0 Å². The molecule has 0 aromatic carbocycles. The predicted molar refractivity (Wildman–Crippen MR) is 37.8 cm³/mol. The third-order valence-electron chi connectivity index (χ3n) is 2.84. The lowest BCUT2D eigenvalue weighted by atomic mass is 9.86. The molecule has 1 N–H and O–H groups in total. The lowest BCUT2D eigenvalue weighted by Crippen LogP contribution is -2.31. The summed E-state index contributed by atoms with van der Waals surface area (Å²) in [7, 11) is 0. The van der Waals surface area contributed by atoms with E-state index in [0.717, 1.165) is 12.8 Å². The van der Waals surface area contributed by atoms with Gasteiger partial charge in [-0.15, -0.1) is 0 Å². The van der Waals surface area contributed by atoms with Crippen LogP contribution < -0.4 is 0 Å². The van der Waals surface area contributed by atoms with Crippen molar-refractivity contribution in [1.29, 1.82) is 0 Å². The van der Waals surface area contributed by atoms with Crippen molar-refractivity contribution in [2.45, 2.75) is 50.4 Å². The molecule has 0 aromatic rings. The SMILES string of the molecule is C[C@H](O)[C@@]12CCCC[C@@H]1O2. The maximum Gasteiger partial charge on any atom is 0.120 e. The zero-order valence-electron chi connectivity index (χ0n) is 6.34. The number of fused-ring (bicyclic) bond motifs is 1. The molecule has 10 heavy (non-hydrogen) atoms. The number of aliphatic hydroxyl groups is 1. The largest absolute Gasteiger partial charge is 0.390 e. The van der Waals surface area contributed by atoms with E-state index >= 15 is 0 Å². The van der Waals surface area contributed by atoms with Gasteiger partial charge < -0.3 is 9.84 Å². The van der Waals surface area contributed by atoms with Gasteiger partial charge in [0.1, 0.15) is 5.60 Å². The van der Waals surface area contributed by atoms with Crippen molar-refractivity contribution in [2.75, 3.05) is 0 Å². The Labute approximate surface area is 61.2 Å². The monoisotopic (exact) mass is 142 g/mol. The summed E-state index contributed by atoms with van der Waals surface area (Å²) in [5.41, 5.74) is -0.0990. The fourth-order valence-electron chi connectivity index (χ4n) is 2.06. The summed E-state index contributed by atoms with van der Waals surface area (Å²) < 4.78 is 5.48. The number of rotatable bonds is 1. The highest BCUT2D eigenvalue weighted by atomic mass is 16.6. The summed E-state index contributed by atoms with van der Waals surface area (Å²) in [5, 5.41) is 9.35. The van der Waals surface area contributed by atoms with Crippen LogP contribution in [0.3, 0.4) is 0 Å². The first-order valence-electron chi connectivity index (χ1n) is 4.11. The van der Waals surface area contributed by atoms with E-state index in [4.69, 9.17) is 4.74 Å². The van der Waals surface area contributed by atoms with Crippen LogP contribution in [0, 0.1) is 0 Å². The topological polar surface area (TPSA) is 32.8 Å². The van der Waals surface area contributed by atoms with Crippen LogP contribution in [0.15, 0.2) is 0 Å². The molecule has 1 aliphatic heterocycles. The molecule has 2 fully saturated rings. The highest BCUT2D eigenvalue weighted by Gasteiger charge is 2.60. The summed E-state index contributed by atoms with van der Waals surface area (Å²) in [6.45, 7) is 1.84. The molecule has 2 heteroatoms. The number of hydrogen-bond donors (Lipinski definition) is 1. The highest BCUT2D eigenvalue weighted by Crippen LogP contribution is 2.49. The fraction of sp³-hybridized carbons (Fsp3) is 1.00. The maximum atomic E-state index is 9.35. The van der Waals surface area contributed by atoms with Crippen molar-refractivity contribution in [3.05, 3.63) is 0 Å². The average molecular weight is 142 g/mol. The summed E-state index contributed by atoms with van der Waals surface area (Å²) >= 11 is 0.